The van der Waals surface area contributed by atoms with Gasteiger partial charge in [-0.3, -0.25) is 9.69 Å². The van der Waals surface area contributed by atoms with E-state index in [-0.39, 0.29) is 37.3 Å². The summed E-state index contributed by atoms with van der Waals surface area (Å²) in [5.74, 6) is -1.08. The van der Waals surface area contributed by atoms with Gasteiger partial charge in [-0.25, -0.2) is 4.39 Å². The normalized spacial score (nSPS) is 20.8. The van der Waals surface area contributed by atoms with Gasteiger partial charge in [0.15, 0.2) is 5.60 Å². The molecule has 1 amide bonds. The molecule has 1 aliphatic rings. The third-order valence-corrected chi connectivity index (χ3v) is 4.49. The molecular formula is C17H19F4N3O2. The SMILES string of the molecule is CCN(Cc1ccc(C#N)cc1F)C(=O)CN1CCC(O)(C(F)(F)F)C1. The first-order chi connectivity index (χ1) is 12.1. The lowest BCUT2D eigenvalue weighted by molar-refractivity contribution is -0.253. The molecule has 0 spiro atoms. The molecule has 1 aromatic rings. The monoisotopic (exact) mass is 373 g/mol. The number of carbonyl (C=O) groups is 1. The van der Waals surface area contributed by atoms with Gasteiger partial charge in [-0.2, -0.15) is 18.4 Å². The summed E-state index contributed by atoms with van der Waals surface area (Å²) < 4.78 is 52.5. The number of hydrogen-bond donors (Lipinski definition) is 1. The van der Waals surface area contributed by atoms with Crippen LogP contribution in [0.2, 0.25) is 0 Å². The van der Waals surface area contributed by atoms with Crippen LogP contribution in [0.5, 0.6) is 0 Å². The molecule has 0 saturated carbocycles. The number of alkyl halides is 3. The molecular weight excluding hydrogens is 354 g/mol. The number of amides is 1. The van der Waals surface area contributed by atoms with Crippen LogP contribution >= 0.6 is 0 Å². The molecule has 0 radical (unpaired) electrons. The molecule has 142 valence electrons. The largest absolute Gasteiger partial charge is 0.418 e. The Balaban J connectivity index is 2.01. The number of β-amino-alcohol motifs (C(OH)–C–C–N with tert-alkyl or cyclic N) is 1. The zero-order chi connectivity index (χ0) is 19.5. The van der Waals surface area contributed by atoms with E-state index in [0.717, 1.165) is 6.07 Å². The number of halogens is 4. The lowest BCUT2D eigenvalue weighted by atomic mass is 10.0. The van der Waals surface area contributed by atoms with E-state index in [1.54, 1.807) is 6.92 Å². The summed E-state index contributed by atoms with van der Waals surface area (Å²) in [7, 11) is 0. The molecule has 26 heavy (non-hydrogen) atoms. The Kier molecular flexibility index (Phi) is 5.88. The number of hydrogen-bond acceptors (Lipinski definition) is 4. The molecule has 0 bridgehead atoms. The smallest absolute Gasteiger partial charge is 0.379 e. The summed E-state index contributed by atoms with van der Waals surface area (Å²) in [6, 6.07) is 5.71. The number of likely N-dealkylation sites (tertiary alicyclic amines) is 1. The predicted octanol–water partition coefficient (Wildman–Crippen LogP) is 2.04. The Labute approximate surface area is 148 Å². The lowest BCUT2D eigenvalue weighted by Gasteiger charge is -2.27. The third-order valence-electron chi connectivity index (χ3n) is 4.49. The minimum atomic E-state index is -4.75. The fourth-order valence-corrected chi connectivity index (χ4v) is 2.86. The first-order valence-corrected chi connectivity index (χ1v) is 8.07. The van der Waals surface area contributed by atoms with Crippen molar-refractivity contribution in [2.45, 2.75) is 31.7 Å². The van der Waals surface area contributed by atoms with Crippen LogP contribution in [0.15, 0.2) is 18.2 Å². The highest BCUT2D eigenvalue weighted by molar-refractivity contribution is 5.78. The molecule has 1 saturated heterocycles. The highest BCUT2D eigenvalue weighted by atomic mass is 19.4. The van der Waals surface area contributed by atoms with E-state index in [2.05, 4.69) is 0 Å². The van der Waals surface area contributed by atoms with Crippen molar-refractivity contribution in [2.75, 3.05) is 26.2 Å². The summed E-state index contributed by atoms with van der Waals surface area (Å²) in [6.07, 6.45) is -5.24. The van der Waals surface area contributed by atoms with Crippen LogP contribution in [0.25, 0.3) is 0 Å². The highest BCUT2D eigenvalue weighted by Gasteiger charge is 2.57. The highest BCUT2D eigenvalue weighted by Crippen LogP contribution is 2.37. The van der Waals surface area contributed by atoms with Gasteiger partial charge >= 0.3 is 6.18 Å². The minimum absolute atomic E-state index is 0.0511. The van der Waals surface area contributed by atoms with Gasteiger partial charge in [0, 0.05) is 31.7 Å². The molecule has 2 rings (SSSR count). The summed E-state index contributed by atoms with van der Waals surface area (Å²) >= 11 is 0. The van der Waals surface area contributed by atoms with Crippen molar-refractivity contribution in [2.24, 2.45) is 0 Å². The van der Waals surface area contributed by atoms with E-state index in [9.17, 15) is 27.5 Å². The Morgan fingerprint density at radius 2 is 2.15 bits per heavy atom. The number of benzene rings is 1. The Hall–Kier alpha value is -2.18. The second kappa shape index (κ2) is 7.60. The molecule has 1 unspecified atom stereocenters. The van der Waals surface area contributed by atoms with Gasteiger partial charge in [0.25, 0.3) is 0 Å². The van der Waals surface area contributed by atoms with E-state index in [1.807, 2.05) is 6.07 Å². The van der Waals surface area contributed by atoms with Crippen LogP contribution in [-0.2, 0) is 11.3 Å². The zero-order valence-corrected chi connectivity index (χ0v) is 14.2. The molecule has 1 heterocycles. The first kappa shape index (κ1) is 20.1. The van der Waals surface area contributed by atoms with Crippen LogP contribution in [0.3, 0.4) is 0 Å². The fraction of sp³-hybridized carbons (Fsp3) is 0.529. The first-order valence-electron chi connectivity index (χ1n) is 8.07. The van der Waals surface area contributed by atoms with Crippen molar-refractivity contribution in [3.05, 3.63) is 35.1 Å². The van der Waals surface area contributed by atoms with E-state index >= 15 is 0 Å². The third kappa shape index (κ3) is 4.31. The van der Waals surface area contributed by atoms with Crippen molar-refractivity contribution in [1.29, 1.82) is 5.26 Å². The summed E-state index contributed by atoms with van der Waals surface area (Å²) in [4.78, 5) is 14.9. The van der Waals surface area contributed by atoms with Crippen molar-refractivity contribution in [1.82, 2.24) is 9.80 Å². The molecule has 0 aromatic heterocycles. The number of nitriles is 1. The molecule has 9 heteroatoms. The van der Waals surface area contributed by atoms with Crippen LogP contribution in [0, 0.1) is 17.1 Å². The summed E-state index contributed by atoms with van der Waals surface area (Å²) in [6.45, 7) is 0.870. The Bertz CT molecular complexity index is 717. The molecule has 5 nitrogen and oxygen atoms in total. The van der Waals surface area contributed by atoms with Crippen molar-refractivity contribution < 1.29 is 27.5 Å². The number of nitrogens with zero attached hydrogens (tertiary/aromatic N) is 3. The van der Waals surface area contributed by atoms with E-state index in [0.29, 0.717) is 0 Å². The van der Waals surface area contributed by atoms with E-state index in [1.165, 1.54) is 21.9 Å². The minimum Gasteiger partial charge on any atom is -0.379 e. The van der Waals surface area contributed by atoms with Crippen LogP contribution in [0.4, 0.5) is 17.6 Å². The average Bonchev–Trinajstić information content (AvgIpc) is 2.95. The number of rotatable bonds is 5. The van der Waals surface area contributed by atoms with Gasteiger partial charge in [0.1, 0.15) is 5.82 Å². The van der Waals surface area contributed by atoms with Crippen molar-refractivity contribution in [3.63, 3.8) is 0 Å². The van der Waals surface area contributed by atoms with Gasteiger partial charge in [0.05, 0.1) is 18.2 Å². The fourth-order valence-electron chi connectivity index (χ4n) is 2.86. The number of aliphatic hydroxyl groups is 1. The topological polar surface area (TPSA) is 67.6 Å². The predicted molar refractivity (Wildman–Crippen MR) is 84.3 cm³/mol. The van der Waals surface area contributed by atoms with E-state index in [4.69, 9.17) is 5.26 Å². The molecule has 0 aliphatic carbocycles. The Morgan fingerprint density at radius 1 is 1.46 bits per heavy atom. The lowest BCUT2D eigenvalue weighted by Crippen LogP contribution is -2.48. The van der Waals surface area contributed by atoms with E-state index < -0.39 is 36.5 Å². The summed E-state index contributed by atoms with van der Waals surface area (Å²) in [5, 5.41) is 18.4. The molecule has 1 N–H and O–H groups in total. The van der Waals surface area contributed by atoms with Gasteiger partial charge in [-0.05, 0) is 25.5 Å². The number of likely N-dealkylation sites (N-methyl/N-ethyl adjacent to an activating group) is 1. The van der Waals surface area contributed by atoms with Gasteiger partial charge in [-0.15, -0.1) is 0 Å². The molecule has 1 atom stereocenters. The molecule has 1 aromatic carbocycles. The maximum atomic E-state index is 14.0. The van der Waals surface area contributed by atoms with Gasteiger partial charge < -0.3 is 10.0 Å². The molecule has 1 aliphatic heterocycles. The Morgan fingerprint density at radius 3 is 2.65 bits per heavy atom. The molecule has 1 fully saturated rings. The van der Waals surface area contributed by atoms with Crippen LogP contribution in [-0.4, -0.2) is 58.8 Å². The maximum Gasteiger partial charge on any atom is 0.418 e. The van der Waals surface area contributed by atoms with Gasteiger partial charge in [0.2, 0.25) is 5.91 Å². The second-order valence-electron chi connectivity index (χ2n) is 6.32. The zero-order valence-electron chi connectivity index (χ0n) is 14.2. The average molecular weight is 373 g/mol. The summed E-state index contributed by atoms with van der Waals surface area (Å²) in [5.41, 5.74) is -2.43. The quantitative estimate of drug-likeness (QED) is 0.803. The number of carbonyl (C=O) groups excluding carboxylic acids is 1. The van der Waals surface area contributed by atoms with Crippen molar-refractivity contribution in [3.8, 4) is 6.07 Å². The van der Waals surface area contributed by atoms with Gasteiger partial charge in [-0.1, -0.05) is 6.07 Å². The maximum absolute atomic E-state index is 14.0. The standard InChI is InChI=1S/C17H19F4N3O2/c1-2-24(9-13-4-3-12(8-22)7-14(13)18)15(25)10-23-6-5-16(26,11-23)17(19,20)21/h3-4,7,26H,2,5-6,9-11H2,1H3. The van der Waals surface area contributed by atoms with Crippen molar-refractivity contribution >= 4 is 5.91 Å². The van der Waals surface area contributed by atoms with Crippen LogP contribution < -0.4 is 0 Å². The second-order valence-corrected chi connectivity index (χ2v) is 6.32. The van der Waals surface area contributed by atoms with Crippen LogP contribution in [0.1, 0.15) is 24.5 Å².